The molecule has 2 amide bonds. The van der Waals surface area contributed by atoms with Crippen LogP contribution in [0.1, 0.15) is 33.1 Å². The van der Waals surface area contributed by atoms with Crippen molar-refractivity contribution in [2.45, 2.75) is 39.2 Å². The first-order chi connectivity index (χ1) is 14.0. The molecule has 2 N–H and O–H groups in total. The highest BCUT2D eigenvalue weighted by molar-refractivity contribution is 14.0. The smallest absolute Gasteiger partial charge is 0.233 e. The molecule has 6 atom stereocenters. The fraction of sp³-hybridized carbons (Fsp3) is 0.773. The summed E-state index contributed by atoms with van der Waals surface area (Å²) in [6, 6.07) is 0.445. The number of hydrogen-bond acceptors (Lipinski definition) is 4. The van der Waals surface area contributed by atoms with E-state index in [9.17, 15) is 9.59 Å². The van der Waals surface area contributed by atoms with Crippen molar-refractivity contribution >= 4 is 41.8 Å². The molecule has 2 saturated heterocycles. The Bertz CT molecular complexity index is 682. The Kier molecular flexibility index (Phi) is 7.81. The van der Waals surface area contributed by atoms with Crippen LogP contribution in [0, 0.1) is 29.6 Å². The van der Waals surface area contributed by atoms with Gasteiger partial charge in [-0.25, -0.2) is 0 Å². The summed E-state index contributed by atoms with van der Waals surface area (Å²) in [5.41, 5.74) is 0. The number of fused-ring (bicyclic) bond motifs is 5. The third-order valence-electron chi connectivity index (χ3n) is 7.29. The fourth-order valence-electron chi connectivity index (χ4n) is 5.69. The number of piperidine rings is 1. The minimum Gasteiger partial charge on any atom is -0.355 e. The van der Waals surface area contributed by atoms with Crippen LogP contribution < -0.4 is 10.6 Å². The maximum atomic E-state index is 12.7. The number of likely N-dealkylation sites (tertiary alicyclic amines) is 2. The van der Waals surface area contributed by atoms with Gasteiger partial charge in [0.1, 0.15) is 0 Å². The Morgan fingerprint density at radius 3 is 2.47 bits per heavy atom. The number of nitrogens with zero attached hydrogens (tertiary/aromatic N) is 3. The second kappa shape index (κ2) is 9.97. The number of hydrogen-bond donors (Lipinski definition) is 2. The van der Waals surface area contributed by atoms with Gasteiger partial charge >= 0.3 is 0 Å². The zero-order valence-corrected chi connectivity index (χ0v) is 20.7. The summed E-state index contributed by atoms with van der Waals surface area (Å²) in [6.07, 6.45) is 7.84. The summed E-state index contributed by atoms with van der Waals surface area (Å²) in [4.78, 5) is 33.8. The molecule has 4 aliphatic rings. The van der Waals surface area contributed by atoms with Crippen molar-refractivity contribution in [1.29, 1.82) is 0 Å². The van der Waals surface area contributed by atoms with Crippen LogP contribution in [0.25, 0.3) is 0 Å². The Balaban J connectivity index is 0.00000256. The SMILES string of the molecule is CN=C(NCCN1C(=O)C2C3C=CC(C3)C2C1=O)NCC(C)N1CCCC(C)C1.I. The standard InChI is InChI=1S/C22H35N5O2.HI/c1-14-5-4-9-26(13-14)15(2)12-25-22(23-3)24-8-10-27-20(28)18-16-6-7-17(11-16)19(18)21(27)29;/h6-7,14-19H,4-5,8-13H2,1-3H3,(H2,23,24,25);1H. The number of amides is 2. The fourth-order valence-corrected chi connectivity index (χ4v) is 5.69. The van der Waals surface area contributed by atoms with Gasteiger partial charge in [-0.1, -0.05) is 19.1 Å². The van der Waals surface area contributed by atoms with E-state index in [1.165, 1.54) is 17.7 Å². The van der Waals surface area contributed by atoms with Crippen molar-refractivity contribution < 1.29 is 9.59 Å². The van der Waals surface area contributed by atoms with Gasteiger partial charge in [-0.2, -0.15) is 0 Å². The maximum Gasteiger partial charge on any atom is 0.233 e. The van der Waals surface area contributed by atoms with E-state index < -0.39 is 0 Å². The van der Waals surface area contributed by atoms with Crippen LogP contribution in [-0.2, 0) is 9.59 Å². The third-order valence-corrected chi connectivity index (χ3v) is 7.29. The van der Waals surface area contributed by atoms with E-state index in [1.807, 2.05) is 0 Å². The van der Waals surface area contributed by atoms with Crippen LogP contribution >= 0.6 is 24.0 Å². The molecule has 0 spiro atoms. The summed E-state index contributed by atoms with van der Waals surface area (Å²) < 4.78 is 0. The number of allylic oxidation sites excluding steroid dienone is 2. The van der Waals surface area contributed by atoms with E-state index >= 15 is 0 Å². The molecule has 4 rings (SSSR count). The van der Waals surface area contributed by atoms with E-state index in [-0.39, 0.29) is 59.5 Å². The molecule has 6 unspecified atom stereocenters. The van der Waals surface area contributed by atoms with Crippen LogP contribution in [0.2, 0.25) is 0 Å². The van der Waals surface area contributed by atoms with Gasteiger partial charge in [-0.3, -0.25) is 24.4 Å². The molecule has 0 aromatic carbocycles. The van der Waals surface area contributed by atoms with E-state index in [0.717, 1.165) is 37.9 Å². The number of carbonyl (C=O) groups excluding carboxylic acids is 2. The Hall–Kier alpha value is -1.16. The first-order valence-electron chi connectivity index (χ1n) is 11.2. The van der Waals surface area contributed by atoms with Crippen LogP contribution in [0.3, 0.4) is 0 Å². The van der Waals surface area contributed by atoms with Crippen molar-refractivity contribution in [3.63, 3.8) is 0 Å². The molecule has 0 aromatic heterocycles. The van der Waals surface area contributed by atoms with Crippen molar-refractivity contribution in [2.75, 3.05) is 39.8 Å². The lowest BCUT2D eigenvalue weighted by atomic mass is 9.85. The quantitative estimate of drug-likeness (QED) is 0.180. The Labute approximate surface area is 197 Å². The van der Waals surface area contributed by atoms with E-state index in [2.05, 4.69) is 46.5 Å². The molecule has 2 heterocycles. The Morgan fingerprint density at radius 2 is 1.87 bits per heavy atom. The minimum absolute atomic E-state index is 0. The van der Waals surface area contributed by atoms with Gasteiger partial charge in [0.25, 0.3) is 0 Å². The van der Waals surface area contributed by atoms with Crippen LogP contribution in [0.15, 0.2) is 17.1 Å². The predicted molar refractivity (Wildman–Crippen MR) is 129 cm³/mol. The van der Waals surface area contributed by atoms with Gasteiger partial charge in [0, 0.05) is 39.3 Å². The first-order valence-corrected chi connectivity index (χ1v) is 11.2. The molecule has 168 valence electrons. The molecule has 7 nitrogen and oxygen atoms in total. The average Bonchev–Trinajstić information content (AvgIpc) is 3.39. The lowest BCUT2D eigenvalue weighted by molar-refractivity contribution is -0.140. The molecular formula is C22H36IN5O2. The molecule has 30 heavy (non-hydrogen) atoms. The summed E-state index contributed by atoms with van der Waals surface area (Å²) in [5.74, 6) is 1.86. The largest absolute Gasteiger partial charge is 0.355 e. The van der Waals surface area contributed by atoms with Gasteiger partial charge in [0.2, 0.25) is 11.8 Å². The summed E-state index contributed by atoms with van der Waals surface area (Å²) in [5, 5.41) is 6.66. The van der Waals surface area contributed by atoms with Gasteiger partial charge in [0.15, 0.2) is 5.96 Å². The van der Waals surface area contributed by atoms with Crippen LogP contribution in [-0.4, -0.2) is 73.4 Å². The zero-order valence-electron chi connectivity index (χ0n) is 18.3. The van der Waals surface area contributed by atoms with E-state index in [1.54, 1.807) is 7.05 Å². The van der Waals surface area contributed by atoms with Gasteiger partial charge < -0.3 is 10.6 Å². The second-order valence-corrected chi connectivity index (χ2v) is 9.30. The van der Waals surface area contributed by atoms with Crippen LogP contribution in [0.4, 0.5) is 0 Å². The number of halogens is 1. The molecular weight excluding hydrogens is 493 g/mol. The van der Waals surface area contributed by atoms with Gasteiger partial charge in [0.05, 0.1) is 11.8 Å². The third kappa shape index (κ3) is 4.54. The number of carbonyl (C=O) groups is 2. The number of nitrogens with one attached hydrogen (secondary N) is 2. The molecule has 8 heteroatoms. The van der Waals surface area contributed by atoms with Crippen molar-refractivity contribution in [2.24, 2.45) is 34.6 Å². The lowest BCUT2D eigenvalue weighted by Gasteiger charge is -2.35. The number of guanidine groups is 1. The van der Waals surface area contributed by atoms with Crippen LogP contribution in [0.5, 0.6) is 0 Å². The molecule has 0 aromatic rings. The second-order valence-electron chi connectivity index (χ2n) is 9.30. The minimum atomic E-state index is -0.109. The molecule has 1 saturated carbocycles. The number of imide groups is 1. The van der Waals surface area contributed by atoms with Crippen molar-refractivity contribution in [3.8, 4) is 0 Å². The zero-order chi connectivity index (χ0) is 20.5. The number of aliphatic imine (C=N–C) groups is 1. The molecule has 2 bridgehead atoms. The topological polar surface area (TPSA) is 77.0 Å². The lowest BCUT2D eigenvalue weighted by Crippen LogP contribution is -2.49. The van der Waals surface area contributed by atoms with Crippen molar-refractivity contribution in [3.05, 3.63) is 12.2 Å². The highest BCUT2D eigenvalue weighted by Crippen LogP contribution is 2.52. The number of rotatable bonds is 6. The summed E-state index contributed by atoms with van der Waals surface area (Å²) in [7, 11) is 1.75. The summed E-state index contributed by atoms with van der Waals surface area (Å²) in [6.45, 7) is 8.65. The normalized spacial score (nSPS) is 34.2. The molecule has 2 aliphatic heterocycles. The molecule has 2 aliphatic carbocycles. The van der Waals surface area contributed by atoms with E-state index in [4.69, 9.17) is 0 Å². The molecule has 3 fully saturated rings. The first kappa shape index (κ1) is 23.5. The Morgan fingerprint density at radius 1 is 1.20 bits per heavy atom. The van der Waals surface area contributed by atoms with E-state index in [0.29, 0.717) is 19.1 Å². The van der Waals surface area contributed by atoms with Crippen molar-refractivity contribution in [1.82, 2.24) is 20.4 Å². The van der Waals surface area contributed by atoms with Gasteiger partial charge in [-0.15, -0.1) is 24.0 Å². The monoisotopic (exact) mass is 529 g/mol. The average molecular weight is 529 g/mol. The summed E-state index contributed by atoms with van der Waals surface area (Å²) >= 11 is 0. The maximum absolute atomic E-state index is 12.7. The van der Waals surface area contributed by atoms with Gasteiger partial charge in [-0.05, 0) is 50.5 Å². The predicted octanol–water partition coefficient (Wildman–Crippen LogP) is 1.70. The highest BCUT2D eigenvalue weighted by Gasteiger charge is 2.58. The molecule has 0 radical (unpaired) electrons. The highest BCUT2D eigenvalue weighted by atomic mass is 127.